The predicted octanol–water partition coefficient (Wildman–Crippen LogP) is 3.92. The van der Waals surface area contributed by atoms with Crippen LogP contribution >= 0.6 is 7.75 Å². The number of hydrogen-bond acceptors (Lipinski definition) is 12. The van der Waals surface area contributed by atoms with Gasteiger partial charge in [-0.25, -0.2) is 19.4 Å². The van der Waals surface area contributed by atoms with Crippen LogP contribution in [0.15, 0.2) is 36.7 Å². The second-order valence-electron chi connectivity index (χ2n) is 11.7. The average molecular weight is 705 g/mol. The first-order chi connectivity index (χ1) is 23.5. The number of terminal acetylenes is 1. The molecule has 0 amide bonds. The number of aliphatic hydroxyl groups is 1. The van der Waals surface area contributed by atoms with E-state index in [0.29, 0.717) is 12.0 Å². The molecular weight excluding hydrogens is 662 g/mol. The molecule has 17 heteroatoms. The van der Waals surface area contributed by atoms with Crippen LogP contribution in [0, 0.1) is 18.4 Å². The number of aliphatic hydroxyl groups excluding tert-OH is 1. The van der Waals surface area contributed by atoms with Crippen molar-refractivity contribution in [2.24, 2.45) is 0 Å². The summed E-state index contributed by atoms with van der Waals surface area (Å²) in [6.45, 7) is 0.670. The van der Waals surface area contributed by atoms with Gasteiger partial charge in [0.25, 0.3) is 0 Å². The zero-order valence-electron chi connectivity index (χ0n) is 27.2. The number of nitrogens with two attached hydrogens (primary N) is 1. The van der Waals surface area contributed by atoms with Crippen LogP contribution in [0.1, 0.15) is 70.1 Å². The number of ether oxygens (including phenoxy) is 2. The maximum Gasteiger partial charge on any atom is 0.406 e. The van der Waals surface area contributed by atoms with Crippen LogP contribution in [-0.2, 0) is 39.1 Å². The van der Waals surface area contributed by atoms with Gasteiger partial charge in [-0.15, -0.1) is 6.42 Å². The second kappa shape index (κ2) is 17.6. The number of rotatable bonds is 20. The van der Waals surface area contributed by atoms with Crippen molar-refractivity contribution in [3.63, 3.8) is 0 Å². The van der Waals surface area contributed by atoms with Gasteiger partial charge in [0.1, 0.15) is 25.0 Å². The quantitative estimate of drug-likeness (QED) is 0.0432. The lowest BCUT2D eigenvalue weighted by Gasteiger charge is -2.29. The summed E-state index contributed by atoms with van der Waals surface area (Å²) >= 11 is 0. The van der Waals surface area contributed by atoms with Crippen LogP contribution in [0.5, 0.6) is 0 Å². The first kappa shape index (κ1) is 37.8. The molecule has 1 fully saturated rings. The monoisotopic (exact) mass is 704 g/mol. The number of fused-ring (bicyclic) bond motifs is 1. The molecule has 0 radical (unpaired) electrons. The maximum absolute atomic E-state index is 14.1. The van der Waals surface area contributed by atoms with Crippen LogP contribution in [0.25, 0.3) is 11.2 Å². The number of halogens is 1. The van der Waals surface area contributed by atoms with E-state index in [2.05, 4.69) is 32.9 Å². The van der Waals surface area contributed by atoms with Crippen molar-refractivity contribution in [1.29, 1.82) is 0 Å². The van der Waals surface area contributed by atoms with Crippen molar-refractivity contribution in [2.45, 2.75) is 88.7 Å². The van der Waals surface area contributed by atoms with E-state index < -0.39 is 63.0 Å². The highest BCUT2D eigenvalue weighted by Crippen LogP contribution is 2.48. The summed E-state index contributed by atoms with van der Waals surface area (Å²) in [4.78, 5) is 36.0. The molecule has 5 atom stereocenters. The molecule has 49 heavy (non-hydrogen) atoms. The van der Waals surface area contributed by atoms with E-state index in [1.807, 2.05) is 0 Å². The van der Waals surface area contributed by atoms with E-state index in [9.17, 15) is 28.8 Å². The molecule has 1 aromatic carbocycles. The number of carboxylic acid groups (broad SMARTS) is 1. The van der Waals surface area contributed by atoms with Gasteiger partial charge in [-0.2, -0.15) is 14.4 Å². The Labute approximate surface area is 283 Å². The number of aromatic nitrogens is 4. The van der Waals surface area contributed by atoms with Crippen LogP contribution in [0.2, 0.25) is 0 Å². The van der Waals surface area contributed by atoms with E-state index in [1.165, 1.54) is 17.3 Å². The lowest BCUT2D eigenvalue weighted by atomic mass is 9.99. The molecule has 3 aromatic rings. The van der Waals surface area contributed by atoms with E-state index in [4.69, 9.17) is 30.7 Å². The molecule has 1 aliphatic heterocycles. The Morgan fingerprint density at radius 2 is 1.92 bits per heavy atom. The highest BCUT2D eigenvalue weighted by atomic mass is 31.2. The Hall–Kier alpha value is -3.97. The van der Waals surface area contributed by atoms with Crippen molar-refractivity contribution >= 4 is 36.7 Å². The molecule has 2 aromatic heterocycles. The molecule has 3 heterocycles. The molecule has 266 valence electrons. The number of carbonyl (C=O) groups is 2. The van der Waals surface area contributed by atoms with Gasteiger partial charge in [-0.1, -0.05) is 81.7 Å². The van der Waals surface area contributed by atoms with Crippen molar-refractivity contribution in [1.82, 2.24) is 24.6 Å². The standard InChI is InChI=1S/C32H42FN6O9P/c1-3-5-6-7-8-9-13-16-45-26(41)19-46-49(44,38-23(30(42)43)17-22-14-11-10-12-15-22)47-20-32(4-2)24(40)18-25(48-32)39-21-35-27-28(34)36-31(33)37-29(27)39/h2,10-12,14-15,21,23-25,40H,3,5-9,13,16-20H2,1H3,(H,38,44)(H,42,43)(H2,34,36,37)/t23-,24-,25+,32+,49-/m0/s1. The fourth-order valence-corrected chi connectivity index (χ4v) is 6.73. The first-order valence-corrected chi connectivity index (χ1v) is 17.6. The van der Waals surface area contributed by atoms with Crippen LogP contribution < -0.4 is 10.8 Å². The lowest BCUT2D eigenvalue weighted by molar-refractivity contribution is -0.146. The number of carboxylic acids is 1. The number of nitrogens with one attached hydrogen (secondary N) is 1. The van der Waals surface area contributed by atoms with Gasteiger partial charge < -0.3 is 25.4 Å². The summed E-state index contributed by atoms with van der Waals surface area (Å²) in [6.07, 6.45) is 10.3. The van der Waals surface area contributed by atoms with Gasteiger partial charge in [0.05, 0.1) is 12.9 Å². The van der Waals surface area contributed by atoms with Crippen molar-refractivity contribution in [3.05, 3.63) is 48.3 Å². The highest BCUT2D eigenvalue weighted by Gasteiger charge is 2.50. The van der Waals surface area contributed by atoms with Crippen LogP contribution in [0.4, 0.5) is 10.2 Å². The number of hydrogen-bond donors (Lipinski definition) is 4. The van der Waals surface area contributed by atoms with Crippen molar-refractivity contribution in [2.75, 3.05) is 25.6 Å². The summed E-state index contributed by atoms with van der Waals surface area (Å²) in [7, 11) is -4.67. The Morgan fingerprint density at radius 1 is 1.20 bits per heavy atom. The first-order valence-electron chi connectivity index (χ1n) is 16.1. The SMILES string of the molecule is C#C[C@]1(CO[P@](=O)(N[C@@H](Cc2ccccc2)C(=O)O)OCC(=O)OCCCCCCCCC)O[C@@H](n2cnc3c(N)nc(F)nc32)C[C@@H]1O. The minimum absolute atomic E-state index is 0.0215. The van der Waals surface area contributed by atoms with Gasteiger partial charge in [0.2, 0.25) is 0 Å². The zero-order valence-corrected chi connectivity index (χ0v) is 28.1. The van der Waals surface area contributed by atoms with Crippen LogP contribution in [0.3, 0.4) is 0 Å². The molecule has 0 aliphatic carbocycles. The largest absolute Gasteiger partial charge is 0.480 e. The number of anilines is 1. The minimum atomic E-state index is -4.67. The topological polar surface area (TPSA) is 210 Å². The van der Waals surface area contributed by atoms with Gasteiger partial charge in [0, 0.05) is 6.42 Å². The Bertz CT molecular complexity index is 1650. The minimum Gasteiger partial charge on any atom is -0.480 e. The summed E-state index contributed by atoms with van der Waals surface area (Å²) < 4.78 is 51.6. The van der Waals surface area contributed by atoms with E-state index in [0.717, 1.165) is 32.1 Å². The van der Waals surface area contributed by atoms with Crippen molar-refractivity contribution in [3.8, 4) is 12.3 Å². The molecule has 0 unspecified atom stereocenters. The fourth-order valence-electron chi connectivity index (χ4n) is 5.29. The lowest BCUT2D eigenvalue weighted by Crippen LogP contribution is -2.44. The maximum atomic E-state index is 14.1. The Kier molecular flexibility index (Phi) is 13.6. The Morgan fingerprint density at radius 3 is 2.61 bits per heavy atom. The smallest absolute Gasteiger partial charge is 0.406 e. The van der Waals surface area contributed by atoms with Gasteiger partial charge in [0.15, 0.2) is 29.2 Å². The van der Waals surface area contributed by atoms with E-state index in [1.54, 1.807) is 30.3 Å². The molecule has 0 bridgehead atoms. The molecule has 15 nitrogen and oxygen atoms in total. The van der Waals surface area contributed by atoms with E-state index in [-0.39, 0.29) is 36.4 Å². The number of esters is 1. The second-order valence-corrected chi connectivity index (χ2v) is 13.4. The normalized spacial score (nSPS) is 20.9. The van der Waals surface area contributed by atoms with E-state index >= 15 is 0 Å². The summed E-state index contributed by atoms with van der Waals surface area (Å²) in [5.74, 6) is -0.0943. The number of imidazole rings is 1. The molecule has 1 aliphatic rings. The number of unbranched alkanes of at least 4 members (excludes halogenated alkanes) is 6. The Balaban J connectivity index is 1.46. The van der Waals surface area contributed by atoms with Gasteiger partial charge in [-0.05, 0) is 18.4 Å². The predicted molar refractivity (Wildman–Crippen MR) is 175 cm³/mol. The number of nitrogen functional groups attached to an aromatic ring is 1. The fraction of sp³-hybridized carbons (Fsp3) is 0.531. The average Bonchev–Trinajstić information content (AvgIpc) is 3.65. The third-order valence-electron chi connectivity index (χ3n) is 7.99. The highest BCUT2D eigenvalue weighted by molar-refractivity contribution is 7.51. The van der Waals surface area contributed by atoms with Gasteiger partial charge >= 0.3 is 25.8 Å². The van der Waals surface area contributed by atoms with Crippen molar-refractivity contribution < 1.29 is 47.3 Å². The molecular formula is C32H42FN6O9P. The number of carbonyl (C=O) groups excluding carboxylic acids is 1. The number of aliphatic carboxylic acids is 1. The van der Waals surface area contributed by atoms with Crippen LogP contribution in [-0.4, -0.2) is 79.2 Å². The summed E-state index contributed by atoms with van der Waals surface area (Å²) in [5.41, 5.74) is 4.48. The molecule has 4 rings (SSSR count). The number of benzene rings is 1. The third-order valence-corrected chi connectivity index (χ3v) is 9.56. The molecule has 1 saturated heterocycles. The zero-order chi connectivity index (χ0) is 35.4. The third kappa shape index (κ3) is 10.3. The van der Waals surface area contributed by atoms with Gasteiger partial charge in [-0.3, -0.25) is 18.4 Å². The summed E-state index contributed by atoms with van der Waals surface area (Å²) in [6, 6.07) is 7.07. The molecule has 0 saturated carbocycles. The number of nitrogens with zero attached hydrogens (tertiary/aromatic N) is 4. The molecule has 0 spiro atoms. The molecule has 5 N–H and O–H groups in total. The summed E-state index contributed by atoms with van der Waals surface area (Å²) in [5, 5.41) is 23.4.